The van der Waals surface area contributed by atoms with Crippen LogP contribution in [0, 0.1) is 0 Å². The maximum absolute atomic E-state index is 12.8. The molecule has 86 valence electrons. The van der Waals surface area contributed by atoms with Crippen LogP contribution in [-0.2, 0) is 4.74 Å². The summed E-state index contributed by atoms with van der Waals surface area (Å²) in [7, 11) is 0. The minimum Gasteiger partial charge on any atom is -0.316 e. The van der Waals surface area contributed by atoms with Gasteiger partial charge in [0.25, 0.3) is 0 Å². The van der Waals surface area contributed by atoms with Gasteiger partial charge in [0.15, 0.2) is 5.67 Å². The van der Waals surface area contributed by atoms with Crippen LogP contribution in [0.25, 0.3) is 0 Å². The standard InChI is InChI=1S/C8H13F5O/c1-4-5-14-8(12,13)7(10,11)6(2,3)9/h4-5H2,1-3H3. The molecule has 0 aromatic heterocycles. The van der Waals surface area contributed by atoms with Gasteiger partial charge in [0.1, 0.15) is 0 Å². The first-order valence-corrected chi connectivity index (χ1v) is 4.14. The number of hydrogen-bond acceptors (Lipinski definition) is 1. The molecule has 0 amide bonds. The Labute approximate surface area is 79.2 Å². The SMILES string of the molecule is CCCOC(F)(F)C(F)(F)C(C)(C)F. The van der Waals surface area contributed by atoms with E-state index in [0.717, 1.165) is 0 Å². The van der Waals surface area contributed by atoms with Crippen molar-refractivity contribution in [1.29, 1.82) is 0 Å². The molecule has 0 unspecified atom stereocenters. The average Bonchev–Trinajstić information content (AvgIpc) is 1.98. The van der Waals surface area contributed by atoms with E-state index in [9.17, 15) is 22.0 Å². The Morgan fingerprint density at radius 1 is 1.00 bits per heavy atom. The third-order valence-corrected chi connectivity index (χ3v) is 1.60. The molecule has 6 heteroatoms. The summed E-state index contributed by atoms with van der Waals surface area (Å²) in [6.45, 7) is 1.71. The zero-order valence-electron chi connectivity index (χ0n) is 8.21. The van der Waals surface area contributed by atoms with Crippen molar-refractivity contribution in [2.24, 2.45) is 0 Å². The van der Waals surface area contributed by atoms with E-state index in [1.165, 1.54) is 6.92 Å². The third kappa shape index (κ3) is 2.56. The monoisotopic (exact) mass is 220 g/mol. The van der Waals surface area contributed by atoms with E-state index >= 15 is 0 Å². The lowest BCUT2D eigenvalue weighted by molar-refractivity contribution is -0.374. The van der Waals surface area contributed by atoms with Crippen molar-refractivity contribution in [2.75, 3.05) is 6.61 Å². The maximum atomic E-state index is 12.8. The molecule has 0 bridgehead atoms. The Morgan fingerprint density at radius 3 is 1.71 bits per heavy atom. The molecular weight excluding hydrogens is 207 g/mol. The highest BCUT2D eigenvalue weighted by molar-refractivity contribution is 4.92. The van der Waals surface area contributed by atoms with Crippen LogP contribution in [0.5, 0.6) is 0 Å². The molecule has 0 saturated carbocycles. The number of hydrogen-bond donors (Lipinski definition) is 0. The van der Waals surface area contributed by atoms with Crippen LogP contribution in [0.4, 0.5) is 22.0 Å². The molecular formula is C8H13F5O. The van der Waals surface area contributed by atoms with Crippen LogP contribution in [0.15, 0.2) is 0 Å². The molecule has 0 atom stereocenters. The predicted molar refractivity (Wildman–Crippen MR) is 41.3 cm³/mol. The van der Waals surface area contributed by atoms with Crippen LogP contribution in [-0.4, -0.2) is 24.3 Å². The third-order valence-electron chi connectivity index (χ3n) is 1.60. The van der Waals surface area contributed by atoms with Gasteiger partial charge >= 0.3 is 12.0 Å². The number of halogens is 5. The molecule has 14 heavy (non-hydrogen) atoms. The van der Waals surface area contributed by atoms with Crippen molar-refractivity contribution in [2.45, 2.75) is 44.9 Å². The Balaban J connectivity index is 4.69. The van der Waals surface area contributed by atoms with Crippen LogP contribution < -0.4 is 0 Å². The molecule has 0 spiro atoms. The van der Waals surface area contributed by atoms with Gasteiger partial charge in [0.2, 0.25) is 0 Å². The van der Waals surface area contributed by atoms with Crippen LogP contribution in [0.3, 0.4) is 0 Å². The largest absolute Gasteiger partial charge is 0.422 e. The quantitative estimate of drug-likeness (QED) is 0.645. The fourth-order valence-corrected chi connectivity index (χ4v) is 0.667. The molecule has 1 nitrogen and oxygen atoms in total. The van der Waals surface area contributed by atoms with E-state index in [0.29, 0.717) is 13.8 Å². The first-order chi connectivity index (χ1) is 6.06. The van der Waals surface area contributed by atoms with Crippen molar-refractivity contribution in [3.63, 3.8) is 0 Å². The van der Waals surface area contributed by atoms with E-state index in [4.69, 9.17) is 0 Å². The lowest BCUT2D eigenvalue weighted by atomic mass is 10.0. The predicted octanol–water partition coefficient (Wildman–Crippen LogP) is 3.39. The van der Waals surface area contributed by atoms with Crippen LogP contribution in [0.1, 0.15) is 27.2 Å². The van der Waals surface area contributed by atoms with Gasteiger partial charge in [-0.15, -0.1) is 0 Å². The molecule has 0 aliphatic rings. The smallest absolute Gasteiger partial charge is 0.316 e. The first kappa shape index (κ1) is 13.6. The molecule has 0 aromatic carbocycles. The molecule has 0 rings (SSSR count). The molecule has 0 heterocycles. The summed E-state index contributed by atoms with van der Waals surface area (Å²) in [6.07, 6.45) is -4.63. The van der Waals surface area contributed by atoms with E-state index in [-0.39, 0.29) is 6.42 Å². The summed E-state index contributed by atoms with van der Waals surface area (Å²) in [5.41, 5.74) is -3.33. The van der Waals surface area contributed by atoms with Gasteiger partial charge in [-0.25, -0.2) is 4.39 Å². The van der Waals surface area contributed by atoms with Gasteiger partial charge in [0.05, 0.1) is 6.61 Å². The molecule has 0 radical (unpaired) electrons. The highest BCUT2D eigenvalue weighted by atomic mass is 19.3. The Hall–Kier alpha value is -0.390. The Kier molecular flexibility index (Phi) is 3.89. The lowest BCUT2D eigenvalue weighted by Gasteiger charge is -2.32. The minimum absolute atomic E-state index is 0.151. The summed E-state index contributed by atoms with van der Waals surface area (Å²) in [6, 6.07) is 0. The first-order valence-electron chi connectivity index (χ1n) is 4.14. The van der Waals surface area contributed by atoms with Crippen molar-refractivity contribution in [1.82, 2.24) is 0 Å². The summed E-state index contributed by atoms with van der Waals surface area (Å²) in [4.78, 5) is 0. The Morgan fingerprint density at radius 2 is 1.43 bits per heavy atom. The average molecular weight is 220 g/mol. The van der Waals surface area contributed by atoms with E-state index < -0.39 is 24.3 Å². The fourth-order valence-electron chi connectivity index (χ4n) is 0.667. The molecule has 0 fully saturated rings. The van der Waals surface area contributed by atoms with Crippen molar-refractivity contribution in [3.05, 3.63) is 0 Å². The Bertz CT molecular complexity index is 185. The highest BCUT2D eigenvalue weighted by Crippen LogP contribution is 2.44. The summed E-state index contributed by atoms with van der Waals surface area (Å²) < 4.78 is 67.3. The van der Waals surface area contributed by atoms with Gasteiger partial charge in [-0.1, -0.05) is 6.92 Å². The van der Waals surface area contributed by atoms with E-state index in [1.54, 1.807) is 0 Å². The number of ether oxygens (including phenoxy) is 1. The zero-order chi connectivity index (χ0) is 11.6. The molecule has 0 saturated heterocycles. The van der Waals surface area contributed by atoms with E-state index in [2.05, 4.69) is 4.74 Å². The maximum Gasteiger partial charge on any atom is 0.422 e. The van der Waals surface area contributed by atoms with E-state index in [1.807, 2.05) is 0 Å². The van der Waals surface area contributed by atoms with Gasteiger partial charge in [0, 0.05) is 0 Å². The van der Waals surface area contributed by atoms with Gasteiger partial charge in [-0.05, 0) is 20.3 Å². The van der Waals surface area contributed by atoms with Gasteiger partial charge < -0.3 is 4.74 Å². The van der Waals surface area contributed by atoms with Crippen molar-refractivity contribution in [3.8, 4) is 0 Å². The highest BCUT2D eigenvalue weighted by Gasteiger charge is 2.67. The normalized spacial score (nSPS) is 14.6. The summed E-state index contributed by atoms with van der Waals surface area (Å²) in [5.74, 6) is -4.84. The number of alkyl halides is 5. The lowest BCUT2D eigenvalue weighted by Crippen LogP contribution is -2.54. The second-order valence-corrected chi connectivity index (χ2v) is 3.41. The topological polar surface area (TPSA) is 9.23 Å². The summed E-state index contributed by atoms with van der Waals surface area (Å²) in [5, 5.41) is 0. The fraction of sp³-hybridized carbons (Fsp3) is 1.00. The zero-order valence-corrected chi connectivity index (χ0v) is 8.21. The van der Waals surface area contributed by atoms with Crippen LogP contribution in [0.2, 0.25) is 0 Å². The second-order valence-electron chi connectivity index (χ2n) is 3.41. The molecule has 0 aliphatic heterocycles. The molecule has 0 aliphatic carbocycles. The van der Waals surface area contributed by atoms with Crippen LogP contribution >= 0.6 is 0 Å². The molecule has 0 N–H and O–H groups in total. The minimum atomic E-state index is -4.84. The number of rotatable bonds is 5. The second kappa shape index (κ2) is 4.00. The van der Waals surface area contributed by atoms with Gasteiger partial charge in [-0.3, -0.25) is 0 Å². The summed E-state index contributed by atoms with van der Waals surface area (Å²) >= 11 is 0. The van der Waals surface area contributed by atoms with Crippen molar-refractivity contribution < 1.29 is 26.7 Å². The van der Waals surface area contributed by atoms with Crippen molar-refractivity contribution >= 4 is 0 Å². The molecule has 0 aromatic rings. The van der Waals surface area contributed by atoms with Gasteiger partial charge in [-0.2, -0.15) is 17.6 Å².